The van der Waals surface area contributed by atoms with E-state index in [9.17, 15) is 13.5 Å². The van der Waals surface area contributed by atoms with Crippen LogP contribution in [0, 0.1) is 6.92 Å². The Morgan fingerprint density at radius 3 is 2.59 bits per heavy atom. The van der Waals surface area contributed by atoms with Gasteiger partial charge in [-0.3, -0.25) is 4.55 Å². The van der Waals surface area contributed by atoms with Crippen molar-refractivity contribution in [1.82, 2.24) is 9.78 Å². The molecule has 1 aromatic heterocycles. The largest absolute Gasteiger partial charge is 0.504 e. The highest BCUT2D eigenvalue weighted by molar-refractivity contribution is 7.85. The summed E-state index contributed by atoms with van der Waals surface area (Å²) in [5, 5.41) is 13.4. The Labute approximate surface area is 97.9 Å². The van der Waals surface area contributed by atoms with Crippen LogP contribution in [-0.2, 0) is 10.1 Å². The van der Waals surface area contributed by atoms with E-state index in [0.29, 0.717) is 11.4 Å². The fourth-order valence-corrected chi connectivity index (χ4v) is 1.89. The third-order valence-corrected chi connectivity index (χ3v) is 3.10. The zero-order chi connectivity index (χ0) is 12.6. The van der Waals surface area contributed by atoms with Crippen molar-refractivity contribution >= 4 is 10.1 Å². The second-order valence-corrected chi connectivity index (χ2v) is 4.94. The molecule has 0 saturated carbocycles. The average Bonchev–Trinajstić information content (AvgIpc) is 2.58. The van der Waals surface area contributed by atoms with Crippen LogP contribution in [0.15, 0.2) is 35.4 Å². The van der Waals surface area contributed by atoms with E-state index in [0.717, 1.165) is 0 Å². The molecule has 2 N–H and O–H groups in total. The molecule has 0 aliphatic carbocycles. The summed E-state index contributed by atoms with van der Waals surface area (Å²) in [6.07, 6.45) is 1.36. The van der Waals surface area contributed by atoms with E-state index >= 15 is 0 Å². The fraction of sp³-hybridized carbons (Fsp3) is 0.100. The lowest BCUT2D eigenvalue weighted by Crippen LogP contribution is -2.01. The number of hydrogen-bond donors (Lipinski definition) is 2. The molecule has 90 valence electrons. The van der Waals surface area contributed by atoms with Crippen LogP contribution >= 0.6 is 0 Å². The SMILES string of the molecule is Cc1nn(-c2cccc(S(=O)(=O)O)c2)cc1O. The molecule has 7 heteroatoms. The van der Waals surface area contributed by atoms with Crippen LogP contribution in [0.2, 0.25) is 0 Å². The van der Waals surface area contributed by atoms with E-state index in [-0.39, 0.29) is 10.6 Å². The van der Waals surface area contributed by atoms with E-state index in [2.05, 4.69) is 5.10 Å². The molecular weight excluding hydrogens is 244 g/mol. The van der Waals surface area contributed by atoms with Gasteiger partial charge in [-0.15, -0.1) is 0 Å². The average molecular weight is 254 g/mol. The van der Waals surface area contributed by atoms with Crippen molar-refractivity contribution in [2.45, 2.75) is 11.8 Å². The molecule has 0 radical (unpaired) electrons. The van der Waals surface area contributed by atoms with Crippen molar-refractivity contribution in [1.29, 1.82) is 0 Å². The van der Waals surface area contributed by atoms with Crippen LogP contribution in [-0.4, -0.2) is 27.9 Å². The van der Waals surface area contributed by atoms with Crippen molar-refractivity contribution in [3.05, 3.63) is 36.2 Å². The number of aromatic hydroxyl groups is 1. The van der Waals surface area contributed by atoms with E-state index in [1.54, 1.807) is 13.0 Å². The van der Waals surface area contributed by atoms with Crippen molar-refractivity contribution in [2.75, 3.05) is 0 Å². The van der Waals surface area contributed by atoms with Crippen LogP contribution in [0.4, 0.5) is 0 Å². The zero-order valence-corrected chi connectivity index (χ0v) is 9.72. The van der Waals surface area contributed by atoms with Gasteiger partial charge in [-0.05, 0) is 25.1 Å². The molecule has 0 aliphatic heterocycles. The molecule has 2 aromatic rings. The topological polar surface area (TPSA) is 92.4 Å². The lowest BCUT2D eigenvalue weighted by atomic mass is 10.3. The van der Waals surface area contributed by atoms with Crippen molar-refractivity contribution < 1.29 is 18.1 Å². The van der Waals surface area contributed by atoms with Gasteiger partial charge in [0.2, 0.25) is 0 Å². The van der Waals surface area contributed by atoms with Crippen molar-refractivity contribution in [2.24, 2.45) is 0 Å². The van der Waals surface area contributed by atoms with Crippen LogP contribution in [0.5, 0.6) is 5.75 Å². The first-order valence-corrected chi connectivity index (χ1v) is 6.15. The molecule has 0 unspecified atom stereocenters. The van der Waals surface area contributed by atoms with Crippen LogP contribution in [0.3, 0.4) is 0 Å². The summed E-state index contributed by atoms with van der Waals surface area (Å²) in [7, 11) is -4.24. The molecule has 17 heavy (non-hydrogen) atoms. The summed E-state index contributed by atoms with van der Waals surface area (Å²) in [5.41, 5.74) is 0.866. The molecule has 2 rings (SSSR count). The second-order valence-electron chi connectivity index (χ2n) is 3.52. The fourth-order valence-electron chi connectivity index (χ4n) is 1.37. The van der Waals surface area contributed by atoms with Gasteiger partial charge in [-0.2, -0.15) is 13.5 Å². The summed E-state index contributed by atoms with van der Waals surface area (Å²) >= 11 is 0. The molecule has 0 aliphatic rings. The minimum atomic E-state index is -4.24. The molecule has 0 bridgehead atoms. The minimum absolute atomic E-state index is 0.0160. The maximum Gasteiger partial charge on any atom is 0.294 e. The van der Waals surface area contributed by atoms with Gasteiger partial charge >= 0.3 is 0 Å². The minimum Gasteiger partial charge on any atom is -0.504 e. The third-order valence-electron chi connectivity index (χ3n) is 2.25. The highest BCUT2D eigenvalue weighted by Crippen LogP contribution is 2.19. The Morgan fingerprint density at radius 1 is 1.35 bits per heavy atom. The van der Waals surface area contributed by atoms with Gasteiger partial charge in [0.15, 0.2) is 5.75 Å². The molecule has 1 heterocycles. The van der Waals surface area contributed by atoms with Gasteiger partial charge in [0.25, 0.3) is 10.1 Å². The second kappa shape index (κ2) is 3.86. The Kier molecular flexibility index (Phi) is 2.64. The summed E-state index contributed by atoms with van der Waals surface area (Å²) in [4.78, 5) is -0.220. The Hall–Kier alpha value is -1.86. The zero-order valence-electron chi connectivity index (χ0n) is 8.90. The van der Waals surface area contributed by atoms with Crippen molar-refractivity contribution in [3.8, 4) is 11.4 Å². The maximum absolute atomic E-state index is 11.0. The highest BCUT2D eigenvalue weighted by Gasteiger charge is 2.11. The number of nitrogens with zero attached hydrogens (tertiary/aromatic N) is 2. The molecule has 0 fully saturated rings. The van der Waals surface area contributed by atoms with E-state index in [4.69, 9.17) is 4.55 Å². The normalized spacial score (nSPS) is 11.6. The highest BCUT2D eigenvalue weighted by atomic mass is 32.2. The number of aryl methyl sites for hydroxylation is 1. The Balaban J connectivity index is 2.54. The first-order valence-electron chi connectivity index (χ1n) is 4.71. The Bertz CT molecular complexity index is 641. The van der Waals surface area contributed by atoms with Crippen LogP contribution in [0.25, 0.3) is 5.69 Å². The van der Waals surface area contributed by atoms with Gasteiger partial charge in [0.1, 0.15) is 5.69 Å². The third kappa shape index (κ3) is 2.29. The van der Waals surface area contributed by atoms with Crippen molar-refractivity contribution in [3.63, 3.8) is 0 Å². The molecule has 1 aromatic carbocycles. The van der Waals surface area contributed by atoms with Gasteiger partial charge in [0, 0.05) is 0 Å². The molecule has 0 amide bonds. The summed E-state index contributed by atoms with van der Waals surface area (Å²) in [5.74, 6) is 0.0160. The first kappa shape index (κ1) is 11.6. The van der Waals surface area contributed by atoms with Gasteiger partial charge in [-0.1, -0.05) is 6.07 Å². The number of benzene rings is 1. The predicted molar refractivity (Wildman–Crippen MR) is 59.8 cm³/mol. The van der Waals surface area contributed by atoms with Gasteiger partial charge in [0.05, 0.1) is 16.8 Å². The summed E-state index contributed by atoms with van der Waals surface area (Å²) < 4.78 is 32.2. The first-order chi connectivity index (χ1) is 7.88. The van der Waals surface area contributed by atoms with E-state index < -0.39 is 10.1 Å². The predicted octanol–water partition coefficient (Wildman–Crippen LogP) is 1.13. The molecule has 6 nitrogen and oxygen atoms in total. The van der Waals surface area contributed by atoms with Crippen LogP contribution in [0.1, 0.15) is 5.69 Å². The standard InChI is InChI=1S/C10H10N2O4S/c1-7-10(13)6-12(11-7)8-3-2-4-9(5-8)17(14,15)16/h2-6,13H,1H3,(H,14,15,16). The lowest BCUT2D eigenvalue weighted by molar-refractivity contribution is 0.471. The summed E-state index contributed by atoms with van der Waals surface area (Å²) in [6.45, 7) is 1.62. The quantitative estimate of drug-likeness (QED) is 0.784. The van der Waals surface area contributed by atoms with Gasteiger partial charge in [-0.25, -0.2) is 4.68 Å². The smallest absolute Gasteiger partial charge is 0.294 e. The number of rotatable bonds is 2. The summed E-state index contributed by atoms with van der Waals surface area (Å²) in [6, 6.07) is 5.63. The maximum atomic E-state index is 11.0. The molecule has 0 atom stereocenters. The molecular formula is C10H10N2O4S. The van der Waals surface area contributed by atoms with E-state index in [1.807, 2.05) is 0 Å². The number of hydrogen-bond acceptors (Lipinski definition) is 4. The Morgan fingerprint density at radius 2 is 2.06 bits per heavy atom. The molecule has 0 saturated heterocycles. The van der Waals surface area contributed by atoms with Crippen LogP contribution < -0.4 is 0 Å². The molecule has 0 spiro atoms. The van der Waals surface area contributed by atoms with Gasteiger partial charge < -0.3 is 5.11 Å². The lowest BCUT2D eigenvalue weighted by Gasteiger charge is -2.02. The van der Waals surface area contributed by atoms with E-state index in [1.165, 1.54) is 29.1 Å². The number of aromatic nitrogens is 2. The monoisotopic (exact) mass is 254 g/mol.